The quantitative estimate of drug-likeness (QED) is 0.631. The third kappa shape index (κ3) is 5.81. The molecule has 0 saturated carbocycles. The maximum Gasteiger partial charge on any atom is 0.326 e. The van der Waals surface area contributed by atoms with Crippen molar-refractivity contribution in [3.63, 3.8) is 0 Å². The summed E-state index contributed by atoms with van der Waals surface area (Å²) in [7, 11) is 0. The topological polar surface area (TPSA) is 109 Å². The van der Waals surface area contributed by atoms with Gasteiger partial charge < -0.3 is 16.2 Å². The number of rotatable bonds is 7. The van der Waals surface area contributed by atoms with Gasteiger partial charge in [0.05, 0.1) is 0 Å². The molecule has 0 aromatic heterocycles. The van der Waals surface area contributed by atoms with Gasteiger partial charge in [0.1, 0.15) is 6.04 Å². The van der Waals surface area contributed by atoms with Crippen molar-refractivity contribution in [1.82, 2.24) is 5.32 Å². The average Bonchev–Trinajstić information content (AvgIpc) is 2.41. The van der Waals surface area contributed by atoms with Crippen LogP contribution in [0.5, 0.6) is 0 Å². The highest BCUT2D eigenvalue weighted by Crippen LogP contribution is 2.02. The van der Waals surface area contributed by atoms with E-state index in [0.717, 1.165) is 5.56 Å². The first-order chi connectivity index (χ1) is 9.49. The summed E-state index contributed by atoms with van der Waals surface area (Å²) in [5.41, 5.74) is 5.77. The van der Waals surface area contributed by atoms with Gasteiger partial charge in [0.2, 0.25) is 11.8 Å². The number of aliphatic carboxylic acids is 1. The van der Waals surface area contributed by atoms with Gasteiger partial charge in [0, 0.05) is 12.5 Å². The molecule has 106 valence electrons. The van der Waals surface area contributed by atoms with Crippen molar-refractivity contribution in [1.29, 1.82) is 0 Å². The van der Waals surface area contributed by atoms with Gasteiger partial charge in [-0.2, -0.15) is 0 Å². The van der Waals surface area contributed by atoms with E-state index in [-0.39, 0.29) is 12.8 Å². The van der Waals surface area contributed by atoms with Crippen LogP contribution in [-0.2, 0) is 14.4 Å². The van der Waals surface area contributed by atoms with Crippen molar-refractivity contribution in [2.45, 2.75) is 18.9 Å². The highest BCUT2D eigenvalue weighted by atomic mass is 16.4. The number of amides is 2. The first-order valence-corrected chi connectivity index (χ1v) is 6.04. The number of hydrogen-bond acceptors (Lipinski definition) is 3. The van der Waals surface area contributed by atoms with Gasteiger partial charge >= 0.3 is 5.97 Å². The Morgan fingerprint density at radius 2 is 1.90 bits per heavy atom. The summed E-state index contributed by atoms with van der Waals surface area (Å²) in [5, 5.41) is 11.2. The molecule has 0 radical (unpaired) electrons. The zero-order valence-corrected chi connectivity index (χ0v) is 10.8. The lowest BCUT2D eigenvalue weighted by atomic mass is 10.1. The normalized spacial score (nSPS) is 12.0. The number of hydrogen-bond donors (Lipinski definition) is 3. The molecule has 6 heteroatoms. The minimum atomic E-state index is -1.20. The molecule has 0 aliphatic heterocycles. The second-order valence-electron chi connectivity index (χ2n) is 4.15. The molecule has 0 bridgehead atoms. The number of carbonyl (C=O) groups excluding carboxylic acids is 2. The Morgan fingerprint density at radius 3 is 2.45 bits per heavy atom. The second kappa shape index (κ2) is 7.73. The van der Waals surface area contributed by atoms with Gasteiger partial charge in [-0.25, -0.2) is 4.79 Å². The summed E-state index contributed by atoms with van der Waals surface area (Å²) in [5.74, 6) is -2.34. The molecule has 0 aliphatic rings. The Morgan fingerprint density at radius 1 is 1.25 bits per heavy atom. The molecular formula is C14H16N2O4. The van der Waals surface area contributed by atoms with E-state index < -0.39 is 23.8 Å². The van der Waals surface area contributed by atoms with Crippen molar-refractivity contribution < 1.29 is 19.5 Å². The van der Waals surface area contributed by atoms with Gasteiger partial charge in [0.15, 0.2) is 0 Å². The van der Waals surface area contributed by atoms with Crippen LogP contribution in [0.2, 0.25) is 0 Å². The molecule has 0 saturated heterocycles. The monoisotopic (exact) mass is 276 g/mol. The Balaban J connectivity index is 2.56. The van der Waals surface area contributed by atoms with Crippen LogP contribution in [-0.4, -0.2) is 28.9 Å². The number of benzene rings is 1. The van der Waals surface area contributed by atoms with Gasteiger partial charge in [-0.3, -0.25) is 9.59 Å². The zero-order valence-electron chi connectivity index (χ0n) is 10.8. The number of nitrogens with one attached hydrogen (secondary N) is 1. The average molecular weight is 276 g/mol. The lowest BCUT2D eigenvalue weighted by Gasteiger charge is -2.11. The molecule has 0 unspecified atom stereocenters. The Bertz CT molecular complexity index is 511. The maximum absolute atomic E-state index is 11.6. The van der Waals surface area contributed by atoms with Crippen LogP contribution in [0.3, 0.4) is 0 Å². The van der Waals surface area contributed by atoms with Crippen LogP contribution in [0.4, 0.5) is 0 Å². The number of primary amides is 1. The molecule has 1 atom stereocenters. The van der Waals surface area contributed by atoms with Gasteiger partial charge in [-0.1, -0.05) is 30.3 Å². The minimum Gasteiger partial charge on any atom is -0.480 e. The van der Waals surface area contributed by atoms with E-state index in [1.165, 1.54) is 6.08 Å². The first kappa shape index (κ1) is 15.4. The van der Waals surface area contributed by atoms with E-state index in [9.17, 15) is 14.4 Å². The molecule has 20 heavy (non-hydrogen) atoms. The SMILES string of the molecule is NC(=O)CC[C@H](NC(=O)/C=C/c1ccccc1)C(=O)O. The summed E-state index contributed by atoms with van der Waals surface area (Å²) in [6, 6.07) is 7.99. The molecular weight excluding hydrogens is 260 g/mol. The van der Waals surface area contributed by atoms with E-state index in [0.29, 0.717) is 0 Å². The van der Waals surface area contributed by atoms with E-state index in [4.69, 9.17) is 10.8 Å². The van der Waals surface area contributed by atoms with Crippen LogP contribution in [0.25, 0.3) is 6.08 Å². The third-order valence-electron chi connectivity index (χ3n) is 2.52. The van der Waals surface area contributed by atoms with Crippen molar-refractivity contribution in [3.05, 3.63) is 42.0 Å². The number of nitrogens with two attached hydrogens (primary N) is 1. The molecule has 1 aromatic carbocycles. The Labute approximate surface area is 116 Å². The summed E-state index contributed by atoms with van der Waals surface area (Å²) in [6.45, 7) is 0. The predicted octanol–water partition coefficient (Wildman–Crippen LogP) is 0.535. The van der Waals surface area contributed by atoms with E-state index in [1.54, 1.807) is 6.08 Å². The molecule has 1 aromatic rings. The van der Waals surface area contributed by atoms with Gasteiger partial charge in [-0.05, 0) is 18.1 Å². The smallest absolute Gasteiger partial charge is 0.326 e. The van der Waals surface area contributed by atoms with Crippen LogP contribution in [0, 0.1) is 0 Å². The second-order valence-corrected chi connectivity index (χ2v) is 4.15. The van der Waals surface area contributed by atoms with Crippen molar-refractivity contribution >= 4 is 23.9 Å². The lowest BCUT2D eigenvalue weighted by molar-refractivity contribution is -0.141. The number of carbonyl (C=O) groups is 3. The van der Waals surface area contributed by atoms with Crippen LogP contribution in [0.15, 0.2) is 36.4 Å². The van der Waals surface area contributed by atoms with E-state index in [1.807, 2.05) is 30.3 Å². The molecule has 4 N–H and O–H groups in total. The maximum atomic E-state index is 11.6. The number of carboxylic acids is 1. The molecule has 2 amide bonds. The molecule has 0 heterocycles. The van der Waals surface area contributed by atoms with Crippen LogP contribution in [0.1, 0.15) is 18.4 Å². The number of carboxylic acid groups (broad SMARTS) is 1. The minimum absolute atomic E-state index is 0.0322. The fraction of sp³-hybridized carbons (Fsp3) is 0.214. The van der Waals surface area contributed by atoms with Crippen LogP contribution < -0.4 is 11.1 Å². The highest BCUT2D eigenvalue weighted by Gasteiger charge is 2.19. The first-order valence-electron chi connectivity index (χ1n) is 6.04. The standard InChI is InChI=1S/C14H16N2O4/c15-12(17)8-7-11(14(19)20)16-13(18)9-6-10-4-2-1-3-5-10/h1-6,9,11H,7-8H2,(H2,15,17)(H,16,18)(H,19,20)/b9-6+/t11-/m0/s1. The molecule has 6 nitrogen and oxygen atoms in total. The molecule has 1 rings (SSSR count). The van der Waals surface area contributed by atoms with Crippen molar-refractivity contribution in [2.75, 3.05) is 0 Å². The van der Waals surface area contributed by atoms with E-state index in [2.05, 4.69) is 5.32 Å². The largest absolute Gasteiger partial charge is 0.480 e. The lowest BCUT2D eigenvalue weighted by Crippen LogP contribution is -2.40. The predicted molar refractivity (Wildman–Crippen MR) is 73.5 cm³/mol. The summed E-state index contributed by atoms with van der Waals surface area (Å²) < 4.78 is 0. The highest BCUT2D eigenvalue weighted by molar-refractivity contribution is 5.94. The Kier molecular flexibility index (Phi) is 5.96. The van der Waals surface area contributed by atoms with E-state index >= 15 is 0 Å². The van der Waals surface area contributed by atoms with Crippen molar-refractivity contribution in [3.8, 4) is 0 Å². The molecule has 0 fully saturated rings. The Hall–Kier alpha value is -2.63. The zero-order chi connectivity index (χ0) is 15.0. The van der Waals surface area contributed by atoms with Gasteiger partial charge in [0.25, 0.3) is 0 Å². The van der Waals surface area contributed by atoms with Gasteiger partial charge in [-0.15, -0.1) is 0 Å². The summed E-state index contributed by atoms with van der Waals surface area (Å²) >= 11 is 0. The fourth-order valence-corrected chi connectivity index (χ4v) is 1.50. The van der Waals surface area contributed by atoms with Crippen LogP contribution >= 0.6 is 0 Å². The molecule has 0 spiro atoms. The van der Waals surface area contributed by atoms with Crippen molar-refractivity contribution in [2.24, 2.45) is 5.73 Å². The third-order valence-corrected chi connectivity index (χ3v) is 2.52. The summed E-state index contributed by atoms with van der Waals surface area (Å²) in [6.07, 6.45) is 2.69. The fourth-order valence-electron chi connectivity index (χ4n) is 1.50. The molecule has 0 aliphatic carbocycles. The summed E-state index contributed by atoms with van der Waals surface area (Å²) in [4.78, 5) is 33.2.